The fourth-order valence-corrected chi connectivity index (χ4v) is 3.66. The van der Waals surface area contributed by atoms with Crippen molar-refractivity contribution in [3.05, 3.63) is 0 Å². The summed E-state index contributed by atoms with van der Waals surface area (Å²) in [4.78, 5) is 16.4. The van der Waals surface area contributed by atoms with Gasteiger partial charge in [0.2, 0.25) is 5.91 Å². The van der Waals surface area contributed by atoms with E-state index in [9.17, 15) is 10.1 Å². The molecule has 0 N–H and O–H groups in total. The highest BCUT2D eigenvalue weighted by Crippen LogP contribution is 2.30. The first kappa shape index (κ1) is 15.7. The number of hydrogen-bond acceptors (Lipinski definition) is 4. The minimum absolute atomic E-state index is 0.0899. The molecule has 0 aromatic carbocycles. The number of unbranched alkanes of at least 4 members (excludes halogenated alkanes) is 1. The summed E-state index contributed by atoms with van der Waals surface area (Å²) >= 11 is 1.87. The van der Waals surface area contributed by atoms with E-state index in [4.69, 9.17) is 0 Å². The second kappa shape index (κ2) is 7.90. The molecule has 2 fully saturated rings. The molecule has 20 heavy (non-hydrogen) atoms. The van der Waals surface area contributed by atoms with Crippen LogP contribution in [0.2, 0.25) is 0 Å². The van der Waals surface area contributed by atoms with Crippen molar-refractivity contribution in [1.82, 2.24) is 9.80 Å². The molecule has 1 aliphatic heterocycles. The largest absolute Gasteiger partial charge is 0.339 e. The summed E-state index contributed by atoms with van der Waals surface area (Å²) in [5.41, 5.74) is 0. The second-order valence-electron chi connectivity index (χ2n) is 5.67. The molecule has 1 heterocycles. The molecule has 2 rings (SSSR count). The summed E-state index contributed by atoms with van der Waals surface area (Å²) in [6.45, 7) is 4.46. The van der Waals surface area contributed by atoms with Crippen LogP contribution in [-0.2, 0) is 4.79 Å². The molecule has 1 amide bonds. The molecule has 5 heteroatoms. The van der Waals surface area contributed by atoms with Crippen LogP contribution in [0.3, 0.4) is 0 Å². The molecule has 1 aliphatic carbocycles. The lowest BCUT2D eigenvalue weighted by atomic mass is 10.1. The van der Waals surface area contributed by atoms with Gasteiger partial charge in [0, 0.05) is 37.8 Å². The van der Waals surface area contributed by atoms with Crippen LogP contribution in [0.1, 0.15) is 39.0 Å². The lowest BCUT2D eigenvalue weighted by molar-refractivity contribution is -0.133. The van der Waals surface area contributed by atoms with Crippen LogP contribution in [-0.4, -0.2) is 58.9 Å². The number of piperazine rings is 1. The number of hydrogen-bond donors (Lipinski definition) is 0. The standard InChI is InChI=1S/C15H25N3OS/c1-2-3-9-20-10-6-15(19)17-7-8-18(13-4-5-13)14(11-16)12-17/h13-14H,2-10,12H2,1H3. The van der Waals surface area contributed by atoms with Crippen molar-refractivity contribution < 1.29 is 4.79 Å². The summed E-state index contributed by atoms with van der Waals surface area (Å²) in [6, 6.07) is 2.89. The van der Waals surface area contributed by atoms with Gasteiger partial charge in [-0.1, -0.05) is 13.3 Å². The van der Waals surface area contributed by atoms with Crippen molar-refractivity contribution in [2.75, 3.05) is 31.1 Å². The summed E-state index contributed by atoms with van der Waals surface area (Å²) in [5, 5.41) is 9.28. The number of carbonyl (C=O) groups is 1. The monoisotopic (exact) mass is 295 g/mol. The Bertz CT molecular complexity index is 365. The molecule has 0 spiro atoms. The Hall–Kier alpha value is -0.730. The Labute approximate surface area is 126 Å². The second-order valence-corrected chi connectivity index (χ2v) is 6.89. The zero-order valence-corrected chi connectivity index (χ0v) is 13.2. The van der Waals surface area contributed by atoms with Gasteiger partial charge < -0.3 is 4.90 Å². The van der Waals surface area contributed by atoms with Crippen molar-refractivity contribution >= 4 is 17.7 Å². The molecule has 112 valence electrons. The van der Waals surface area contributed by atoms with E-state index in [1.54, 1.807) is 0 Å². The summed E-state index contributed by atoms with van der Waals surface area (Å²) < 4.78 is 0. The van der Waals surface area contributed by atoms with Gasteiger partial charge in [-0.3, -0.25) is 9.69 Å². The van der Waals surface area contributed by atoms with Crippen LogP contribution >= 0.6 is 11.8 Å². The van der Waals surface area contributed by atoms with Crippen molar-refractivity contribution in [1.29, 1.82) is 5.26 Å². The molecule has 1 unspecified atom stereocenters. The maximum atomic E-state index is 12.2. The molecule has 4 nitrogen and oxygen atoms in total. The van der Waals surface area contributed by atoms with E-state index >= 15 is 0 Å². The lowest BCUT2D eigenvalue weighted by Crippen LogP contribution is -2.54. The Morgan fingerprint density at radius 1 is 1.35 bits per heavy atom. The normalized spacial score (nSPS) is 23.6. The van der Waals surface area contributed by atoms with Gasteiger partial charge in [0.25, 0.3) is 0 Å². The van der Waals surface area contributed by atoms with E-state index in [2.05, 4.69) is 17.9 Å². The van der Waals surface area contributed by atoms with Gasteiger partial charge in [0.15, 0.2) is 0 Å². The van der Waals surface area contributed by atoms with Gasteiger partial charge >= 0.3 is 0 Å². The average molecular weight is 295 g/mol. The average Bonchev–Trinajstić information content (AvgIpc) is 3.30. The van der Waals surface area contributed by atoms with E-state index < -0.39 is 0 Å². The zero-order chi connectivity index (χ0) is 14.4. The quantitative estimate of drug-likeness (QED) is 0.675. The van der Waals surface area contributed by atoms with E-state index in [0.717, 1.165) is 24.6 Å². The molecular weight excluding hydrogens is 270 g/mol. The number of carbonyl (C=O) groups excluding carboxylic acids is 1. The fraction of sp³-hybridized carbons (Fsp3) is 0.867. The Kier molecular flexibility index (Phi) is 6.18. The first-order valence-corrected chi connectivity index (χ1v) is 8.92. The molecule has 1 saturated heterocycles. The minimum Gasteiger partial charge on any atom is -0.339 e. The van der Waals surface area contributed by atoms with Gasteiger partial charge in [0.1, 0.15) is 6.04 Å². The lowest BCUT2D eigenvalue weighted by Gasteiger charge is -2.38. The molecule has 1 atom stereocenters. The number of amides is 1. The molecule has 0 aromatic rings. The van der Waals surface area contributed by atoms with Crippen molar-refractivity contribution in [2.45, 2.75) is 51.1 Å². The molecule has 0 radical (unpaired) electrons. The number of nitriles is 1. The van der Waals surface area contributed by atoms with E-state index in [1.165, 1.54) is 25.7 Å². The summed E-state index contributed by atoms with van der Waals surface area (Å²) in [5.74, 6) is 2.29. The van der Waals surface area contributed by atoms with Gasteiger partial charge in [-0.2, -0.15) is 17.0 Å². The molecular formula is C15H25N3OS. The third-order valence-corrected chi connectivity index (χ3v) is 5.11. The maximum absolute atomic E-state index is 12.2. The summed E-state index contributed by atoms with van der Waals surface area (Å²) in [6.07, 6.45) is 5.51. The SMILES string of the molecule is CCCCSCCC(=O)N1CCN(C2CC2)C(C#N)C1. The minimum atomic E-state index is -0.0899. The van der Waals surface area contributed by atoms with Crippen molar-refractivity contribution in [3.63, 3.8) is 0 Å². The summed E-state index contributed by atoms with van der Waals surface area (Å²) in [7, 11) is 0. The topological polar surface area (TPSA) is 47.3 Å². The van der Waals surface area contributed by atoms with Gasteiger partial charge in [0.05, 0.1) is 6.07 Å². The number of thioether (sulfide) groups is 1. The molecule has 1 saturated carbocycles. The van der Waals surface area contributed by atoms with Crippen molar-refractivity contribution in [2.24, 2.45) is 0 Å². The highest BCUT2D eigenvalue weighted by Gasteiger charge is 2.38. The predicted octanol–water partition coefficient (Wildman–Crippen LogP) is 2.11. The number of rotatable bonds is 7. The maximum Gasteiger partial charge on any atom is 0.223 e. The van der Waals surface area contributed by atoms with E-state index in [1.807, 2.05) is 16.7 Å². The van der Waals surface area contributed by atoms with E-state index in [-0.39, 0.29) is 11.9 Å². The zero-order valence-electron chi connectivity index (χ0n) is 12.4. The molecule has 2 aliphatic rings. The van der Waals surface area contributed by atoms with Crippen LogP contribution < -0.4 is 0 Å². The highest BCUT2D eigenvalue weighted by atomic mass is 32.2. The van der Waals surface area contributed by atoms with Crippen LogP contribution in [0.15, 0.2) is 0 Å². The van der Waals surface area contributed by atoms with Gasteiger partial charge in [-0.15, -0.1) is 0 Å². The Morgan fingerprint density at radius 3 is 2.80 bits per heavy atom. The predicted molar refractivity (Wildman–Crippen MR) is 82.6 cm³/mol. The highest BCUT2D eigenvalue weighted by molar-refractivity contribution is 7.99. The smallest absolute Gasteiger partial charge is 0.223 e. The third-order valence-electron chi connectivity index (χ3n) is 4.04. The molecule has 0 aromatic heterocycles. The Morgan fingerprint density at radius 2 is 2.15 bits per heavy atom. The van der Waals surface area contributed by atoms with Crippen LogP contribution in [0.25, 0.3) is 0 Å². The van der Waals surface area contributed by atoms with Crippen LogP contribution in [0.4, 0.5) is 0 Å². The molecule has 0 bridgehead atoms. The van der Waals surface area contributed by atoms with Crippen LogP contribution in [0.5, 0.6) is 0 Å². The number of nitrogens with zero attached hydrogens (tertiary/aromatic N) is 3. The first-order chi connectivity index (χ1) is 9.76. The van der Waals surface area contributed by atoms with E-state index in [0.29, 0.717) is 19.0 Å². The van der Waals surface area contributed by atoms with Gasteiger partial charge in [-0.25, -0.2) is 0 Å². The van der Waals surface area contributed by atoms with Crippen LogP contribution in [0, 0.1) is 11.3 Å². The fourth-order valence-electron chi connectivity index (χ4n) is 2.65. The third kappa shape index (κ3) is 4.39. The Balaban J connectivity index is 1.70. The van der Waals surface area contributed by atoms with Gasteiger partial charge in [-0.05, 0) is 25.0 Å². The van der Waals surface area contributed by atoms with Crippen molar-refractivity contribution in [3.8, 4) is 6.07 Å². The first-order valence-electron chi connectivity index (χ1n) is 7.77.